The van der Waals surface area contributed by atoms with Crippen molar-refractivity contribution in [2.75, 3.05) is 13.2 Å². The highest BCUT2D eigenvalue weighted by molar-refractivity contribution is 7.09. The molecule has 3 nitrogen and oxygen atoms in total. The van der Waals surface area contributed by atoms with Crippen molar-refractivity contribution in [1.82, 2.24) is 10.3 Å². The molecule has 1 aromatic rings. The summed E-state index contributed by atoms with van der Waals surface area (Å²) in [6.07, 6.45) is 2.38. The molecular weight excluding hydrogens is 208 g/mol. The summed E-state index contributed by atoms with van der Waals surface area (Å²) in [6, 6.07) is 0.841. The zero-order valence-electron chi connectivity index (χ0n) is 9.32. The van der Waals surface area contributed by atoms with Gasteiger partial charge in [-0.1, -0.05) is 0 Å². The van der Waals surface area contributed by atoms with Crippen molar-refractivity contribution >= 4 is 11.3 Å². The minimum absolute atomic E-state index is 0.343. The Kier molecular flexibility index (Phi) is 3.72. The average molecular weight is 226 g/mol. The molecular formula is C11H18N2OS. The Morgan fingerprint density at radius 1 is 1.67 bits per heavy atom. The molecule has 0 amide bonds. The van der Waals surface area contributed by atoms with Gasteiger partial charge >= 0.3 is 0 Å². The second kappa shape index (κ2) is 5.05. The van der Waals surface area contributed by atoms with E-state index in [4.69, 9.17) is 4.74 Å². The van der Waals surface area contributed by atoms with Gasteiger partial charge in [0.25, 0.3) is 0 Å². The molecule has 2 heterocycles. The Bertz CT molecular complexity index is 307. The molecule has 1 saturated heterocycles. The normalized spacial score (nSPS) is 24.0. The van der Waals surface area contributed by atoms with E-state index in [1.54, 1.807) is 11.3 Å². The monoisotopic (exact) mass is 226 g/mol. The molecule has 2 unspecified atom stereocenters. The lowest BCUT2D eigenvalue weighted by molar-refractivity contribution is 0.0671. The van der Waals surface area contributed by atoms with Crippen LogP contribution >= 0.6 is 11.3 Å². The third-order valence-electron chi connectivity index (χ3n) is 2.65. The van der Waals surface area contributed by atoms with Crippen LogP contribution in [0.2, 0.25) is 0 Å². The summed E-state index contributed by atoms with van der Waals surface area (Å²) in [5.74, 6) is 0. The molecule has 2 rings (SSSR count). The van der Waals surface area contributed by atoms with E-state index in [0.717, 1.165) is 18.9 Å². The van der Waals surface area contributed by atoms with Crippen LogP contribution in [0, 0.1) is 6.92 Å². The Morgan fingerprint density at radius 3 is 3.13 bits per heavy atom. The van der Waals surface area contributed by atoms with Gasteiger partial charge in [0.2, 0.25) is 0 Å². The van der Waals surface area contributed by atoms with Crippen LogP contribution in [0.4, 0.5) is 0 Å². The first-order chi connectivity index (χ1) is 7.25. The number of rotatable bonds is 3. The standard InChI is InChI=1S/C11H18N2OS/c1-8-7-15-11(12-8)9(2)13-10-4-3-5-14-6-10/h7,9-10,13H,3-6H2,1-2H3. The van der Waals surface area contributed by atoms with E-state index in [0.29, 0.717) is 12.1 Å². The van der Waals surface area contributed by atoms with Crippen LogP contribution in [-0.4, -0.2) is 24.2 Å². The number of aromatic nitrogens is 1. The zero-order chi connectivity index (χ0) is 10.7. The number of nitrogens with zero attached hydrogens (tertiary/aromatic N) is 1. The first-order valence-electron chi connectivity index (χ1n) is 5.51. The van der Waals surface area contributed by atoms with Crippen LogP contribution in [0.25, 0.3) is 0 Å². The third-order valence-corrected chi connectivity index (χ3v) is 3.80. The first-order valence-corrected chi connectivity index (χ1v) is 6.39. The maximum absolute atomic E-state index is 5.44. The molecule has 84 valence electrons. The molecule has 0 saturated carbocycles. The first kappa shape index (κ1) is 11.0. The third kappa shape index (κ3) is 3.00. The highest BCUT2D eigenvalue weighted by Gasteiger charge is 2.18. The van der Waals surface area contributed by atoms with Gasteiger partial charge in [-0.05, 0) is 26.7 Å². The topological polar surface area (TPSA) is 34.1 Å². The van der Waals surface area contributed by atoms with Gasteiger partial charge in [-0.15, -0.1) is 11.3 Å². The fraction of sp³-hybridized carbons (Fsp3) is 0.727. The molecule has 0 spiro atoms. The van der Waals surface area contributed by atoms with Crippen molar-refractivity contribution in [3.05, 3.63) is 16.1 Å². The molecule has 1 aromatic heterocycles. The highest BCUT2D eigenvalue weighted by Crippen LogP contribution is 2.19. The molecule has 0 bridgehead atoms. The number of ether oxygens (including phenoxy) is 1. The average Bonchev–Trinajstić information content (AvgIpc) is 2.66. The van der Waals surface area contributed by atoms with Crippen molar-refractivity contribution in [1.29, 1.82) is 0 Å². The summed E-state index contributed by atoms with van der Waals surface area (Å²) in [4.78, 5) is 4.49. The molecule has 1 fully saturated rings. The number of nitrogens with one attached hydrogen (secondary N) is 1. The van der Waals surface area contributed by atoms with Gasteiger partial charge in [0.15, 0.2) is 0 Å². The maximum Gasteiger partial charge on any atom is 0.110 e. The molecule has 2 atom stereocenters. The Labute approximate surface area is 94.9 Å². The minimum Gasteiger partial charge on any atom is -0.380 e. The van der Waals surface area contributed by atoms with Crippen molar-refractivity contribution in [3.8, 4) is 0 Å². The number of thiazole rings is 1. The second-order valence-electron chi connectivity index (χ2n) is 4.13. The molecule has 0 radical (unpaired) electrons. The van der Waals surface area contributed by atoms with E-state index in [1.807, 2.05) is 6.92 Å². The minimum atomic E-state index is 0.343. The summed E-state index contributed by atoms with van der Waals surface area (Å²) in [5.41, 5.74) is 1.11. The summed E-state index contributed by atoms with van der Waals surface area (Å²) >= 11 is 1.73. The molecule has 0 aromatic carbocycles. The summed E-state index contributed by atoms with van der Waals surface area (Å²) < 4.78 is 5.44. The molecule has 1 N–H and O–H groups in total. The second-order valence-corrected chi connectivity index (χ2v) is 5.02. The lowest BCUT2D eigenvalue weighted by Crippen LogP contribution is -2.38. The van der Waals surface area contributed by atoms with Crippen molar-refractivity contribution < 1.29 is 4.74 Å². The van der Waals surface area contributed by atoms with Crippen LogP contribution in [0.5, 0.6) is 0 Å². The van der Waals surface area contributed by atoms with Gasteiger partial charge < -0.3 is 10.1 Å². The smallest absolute Gasteiger partial charge is 0.110 e. The Hall–Kier alpha value is -0.450. The SMILES string of the molecule is Cc1csc(C(C)NC2CCCOC2)n1. The van der Waals surface area contributed by atoms with E-state index in [1.165, 1.54) is 17.8 Å². The Morgan fingerprint density at radius 2 is 2.53 bits per heavy atom. The fourth-order valence-corrected chi connectivity index (χ4v) is 2.68. The maximum atomic E-state index is 5.44. The van der Waals surface area contributed by atoms with Crippen LogP contribution in [0.15, 0.2) is 5.38 Å². The quantitative estimate of drug-likeness (QED) is 0.858. The van der Waals surface area contributed by atoms with E-state index in [-0.39, 0.29) is 0 Å². The summed E-state index contributed by atoms with van der Waals surface area (Å²) in [6.45, 7) is 5.97. The van der Waals surface area contributed by atoms with Crippen LogP contribution in [0.1, 0.15) is 36.5 Å². The number of aryl methyl sites for hydroxylation is 1. The van der Waals surface area contributed by atoms with E-state index in [2.05, 4.69) is 22.6 Å². The van der Waals surface area contributed by atoms with Crippen molar-refractivity contribution in [2.24, 2.45) is 0 Å². The predicted molar refractivity (Wildman–Crippen MR) is 62.2 cm³/mol. The predicted octanol–water partition coefficient (Wildman–Crippen LogP) is 2.28. The number of hydrogen-bond donors (Lipinski definition) is 1. The lowest BCUT2D eigenvalue weighted by Gasteiger charge is -2.25. The largest absolute Gasteiger partial charge is 0.380 e. The molecule has 1 aliphatic heterocycles. The molecule has 0 aliphatic carbocycles. The summed E-state index contributed by atoms with van der Waals surface area (Å²) in [5, 5.41) is 6.85. The van der Waals surface area contributed by atoms with Crippen LogP contribution in [-0.2, 0) is 4.74 Å². The fourth-order valence-electron chi connectivity index (χ4n) is 1.87. The van der Waals surface area contributed by atoms with Crippen LogP contribution < -0.4 is 5.32 Å². The van der Waals surface area contributed by atoms with Gasteiger partial charge in [-0.2, -0.15) is 0 Å². The van der Waals surface area contributed by atoms with Crippen molar-refractivity contribution in [2.45, 2.75) is 38.8 Å². The number of hydrogen-bond acceptors (Lipinski definition) is 4. The molecule has 1 aliphatic rings. The van der Waals surface area contributed by atoms with Crippen LogP contribution in [0.3, 0.4) is 0 Å². The van der Waals surface area contributed by atoms with Crippen molar-refractivity contribution in [3.63, 3.8) is 0 Å². The van der Waals surface area contributed by atoms with Gasteiger partial charge in [-0.25, -0.2) is 4.98 Å². The van der Waals surface area contributed by atoms with E-state index in [9.17, 15) is 0 Å². The van der Waals surface area contributed by atoms with Gasteiger partial charge in [0, 0.05) is 23.7 Å². The highest BCUT2D eigenvalue weighted by atomic mass is 32.1. The van der Waals surface area contributed by atoms with Gasteiger partial charge in [0.05, 0.1) is 12.6 Å². The van der Waals surface area contributed by atoms with E-state index >= 15 is 0 Å². The zero-order valence-corrected chi connectivity index (χ0v) is 10.1. The Balaban J connectivity index is 1.88. The molecule has 15 heavy (non-hydrogen) atoms. The van der Waals surface area contributed by atoms with Gasteiger partial charge in [-0.3, -0.25) is 0 Å². The summed E-state index contributed by atoms with van der Waals surface area (Å²) in [7, 11) is 0. The van der Waals surface area contributed by atoms with E-state index < -0.39 is 0 Å². The lowest BCUT2D eigenvalue weighted by atomic mass is 10.1. The van der Waals surface area contributed by atoms with Gasteiger partial charge in [0.1, 0.15) is 5.01 Å². The molecule has 4 heteroatoms.